The number of piperidine rings is 1. The summed E-state index contributed by atoms with van der Waals surface area (Å²) in [5.41, 5.74) is 2.24. The van der Waals surface area contributed by atoms with Crippen LogP contribution in [0.4, 0.5) is 5.69 Å². The number of fused-ring (bicyclic) bond motifs is 2. The second kappa shape index (κ2) is 11.2. The van der Waals surface area contributed by atoms with Crippen molar-refractivity contribution in [1.82, 2.24) is 4.31 Å². The van der Waals surface area contributed by atoms with Crippen LogP contribution in [-0.4, -0.2) is 59.6 Å². The number of nitrogens with zero attached hydrogens (tertiary/aromatic N) is 1. The molecule has 2 aliphatic rings. The lowest BCUT2D eigenvalue weighted by Crippen LogP contribution is -2.49. The van der Waals surface area contributed by atoms with Crippen molar-refractivity contribution in [2.24, 2.45) is 0 Å². The molecule has 0 aliphatic carbocycles. The molecule has 2 saturated heterocycles. The first-order valence-corrected chi connectivity index (χ1v) is 15.2. The fraction of sp³-hybridized carbons (Fsp3) is 0.333. The van der Waals surface area contributed by atoms with Crippen LogP contribution in [0.25, 0.3) is 10.4 Å². The van der Waals surface area contributed by atoms with Crippen LogP contribution in [0.2, 0.25) is 5.02 Å². The highest BCUT2D eigenvalue weighted by Crippen LogP contribution is 2.46. The van der Waals surface area contributed by atoms with Crippen molar-refractivity contribution in [2.75, 3.05) is 11.9 Å². The molecule has 3 N–H and O–H groups in total. The van der Waals surface area contributed by atoms with Gasteiger partial charge in [0.1, 0.15) is 5.02 Å². The molecule has 2 bridgehead atoms. The third-order valence-corrected chi connectivity index (χ3v) is 10.6. The molecule has 0 saturated carbocycles. The zero-order chi connectivity index (χ0) is 27.7. The van der Waals surface area contributed by atoms with Crippen LogP contribution < -0.4 is 10.1 Å². The number of ether oxygens (including phenoxy) is 1. The quantitative estimate of drug-likeness (QED) is 0.295. The number of nitrogens with one attached hydrogen (secondary N) is 1. The molecule has 0 radical (unpaired) electrons. The summed E-state index contributed by atoms with van der Waals surface area (Å²) in [6.07, 6.45) is 3.03. The lowest BCUT2D eigenvalue weighted by molar-refractivity contribution is -0.139. The second-order valence-corrected chi connectivity index (χ2v) is 13.0. The van der Waals surface area contributed by atoms with E-state index in [-0.39, 0.29) is 39.5 Å². The van der Waals surface area contributed by atoms with Gasteiger partial charge in [-0.15, -0.1) is 11.3 Å². The Morgan fingerprint density at radius 1 is 1.05 bits per heavy atom. The van der Waals surface area contributed by atoms with Crippen molar-refractivity contribution in [3.8, 4) is 16.2 Å². The number of carbonyl (C=O) groups is 2. The Kier molecular flexibility index (Phi) is 7.86. The maximum absolute atomic E-state index is 13.3. The first-order chi connectivity index (χ1) is 18.6. The standard InChI is InChI=1S/C27H27ClN2O7S2/c28-23-24(37-14-22(31)32)26(27(33)34)38-25(23)17-7-4-8-18(11-17)29-19-12-20-9-10-21(13-19)30(20)39(35,36)15-16-5-2-1-3-6-16/h1-8,11,19-21,29H,9-10,12-15H2,(H,31,32)(H,33,34). The van der Waals surface area contributed by atoms with Gasteiger partial charge < -0.3 is 20.3 Å². The molecule has 3 heterocycles. The van der Waals surface area contributed by atoms with E-state index in [0.717, 1.165) is 35.4 Å². The van der Waals surface area contributed by atoms with Crippen LogP contribution in [0.5, 0.6) is 5.75 Å². The van der Waals surface area contributed by atoms with Gasteiger partial charge in [-0.1, -0.05) is 54.1 Å². The third kappa shape index (κ3) is 5.91. The highest BCUT2D eigenvalue weighted by Gasteiger charge is 2.46. The molecular formula is C27H27ClN2O7S2. The largest absolute Gasteiger partial charge is 0.479 e. The number of carboxylic acids is 2. The maximum Gasteiger partial charge on any atom is 0.349 e. The summed E-state index contributed by atoms with van der Waals surface area (Å²) in [5, 5.41) is 22.1. The van der Waals surface area contributed by atoms with Gasteiger partial charge in [-0.05, 0) is 48.9 Å². The monoisotopic (exact) mass is 590 g/mol. The molecule has 0 spiro atoms. The Morgan fingerprint density at radius 2 is 1.74 bits per heavy atom. The summed E-state index contributed by atoms with van der Waals surface area (Å²) in [6, 6.07) is 16.5. The predicted molar refractivity (Wildman–Crippen MR) is 149 cm³/mol. The third-order valence-electron chi connectivity index (χ3n) is 7.02. The SMILES string of the molecule is O=C(O)COc1c(C(=O)O)sc(-c2cccc(NC3CC4CCC(C3)N4S(=O)(=O)Cc3ccccc3)c2)c1Cl. The molecule has 1 aromatic heterocycles. The van der Waals surface area contributed by atoms with Gasteiger partial charge in [0.15, 0.2) is 17.2 Å². The van der Waals surface area contributed by atoms with E-state index >= 15 is 0 Å². The van der Waals surface area contributed by atoms with Crippen LogP contribution in [-0.2, 0) is 20.6 Å². The highest BCUT2D eigenvalue weighted by molar-refractivity contribution is 7.88. The van der Waals surface area contributed by atoms with Gasteiger partial charge in [0.2, 0.25) is 10.0 Å². The average molecular weight is 591 g/mol. The Bertz CT molecular complexity index is 1480. The van der Waals surface area contributed by atoms with Crippen LogP contribution in [0, 0.1) is 0 Å². The number of benzene rings is 2. The number of aliphatic carboxylic acids is 1. The number of aromatic carboxylic acids is 1. The Hall–Kier alpha value is -3.12. The van der Waals surface area contributed by atoms with Gasteiger partial charge in [-0.2, -0.15) is 4.31 Å². The van der Waals surface area contributed by atoms with Crippen LogP contribution in [0.3, 0.4) is 0 Å². The van der Waals surface area contributed by atoms with Crippen molar-refractivity contribution >= 4 is 50.6 Å². The molecule has 2 unspecified atom stereocenters. The summed E-state index contributed by atoms with van der Waals surface area (Å²) in [4.78, 5) is 22.9. The van der Waals surface area contributed by atoms with E-state index in [0.29, 0.717) is 23.3 Å². The number of anilines is 1. The lowest BCUT2D eigenvalue weighted by atomic mass is 9.99. The summed E-state index contributed by atoms with van der Waals surface area (Å²) in [6.45, 7) is -0.708. The molecule has 5 rings (SSSR count). The van der Waals surface area contributed by atoms with Crippen LogP contribution in [0.1, 0.15) is 40.9 Å². The van der Waals surface area contributed by atoms with Gasteiger partial charge in [0.05, 0.1) is 10.6 Å². The van der Waals surface area contributed by atoms with Gasteiger partial charge in [0.25, 0.3) is 0 Å². The summed E-state index contributed by atoms with van der Waals surface area (Å²) in [5.74, 6) is -2.66. The lowest BCUT2D eigenvalue weighted by Gasteiger charge is -2.38. The summed E-state index contributed by atoms with van der Waals surface area (Å²) in [7, 11) is -3.44. The van der Waals surface area contributed by atoms with Crippen molar-refractivity contribution in [3.05, 3.63) is 70.1 Å². The molecule has 9 nitrogen and oxygen atoms in total. The van der Waals surface area contributed by atoms with E-state index in [9.17, 15) is 23.1 Å². The normalized spacial score (nSPS) is 21.0. The fourth-order valence-electron chi connectivity index (χ4n) is 5.54. The van der Waals surface area contributed by atoms with E-state index < -0.39 is 28.6 Å². The molecule has 2 atom stereocenters. The van der Waals surface area contributed by atoms with E-state index in [2.05, 4.69) is 5.32 Å². The number of halogens is 1. The number of rotatable bonds is 10. The summed E-state index contributed by atoms with van der Waals surface area (Å²) >= 11 is 7.36. The molecular weight excluding hydrogens is 564 g/mol. The number of hydrogen-bond donors (Lipinski definition) is 3. The minimum Gasteiger partial charge on any atom is -0.479 e. The molecule has 2 fully saturated rings. The van der Waals surface area contributed by atoms with Crippen molar-refractivity contribution in [2.45, 2.75) is 49.6 Å². The smallest absolute Gasteiger partial charge is 0.349 e. The number of thiophene rings is 1. The van der Waals surface area contributed by atoms with Gasteiger partial charge >= 0.3 is 11.9 Å². The van der Waals surface area contributed by atoms with Gasteiger partial charge in [-0.25, -0.2) is 18.0 Å². The first kappa shape index (κ1) is 27.4. The van der Waals surface area contributed by atoms with Crippen molar-refractivity contribution in [1.29, 1.82) is 0 Å². The summed E-state index contributed by atoms with van der Waals surface area (Å²) < 4.78 is 33.5. The zero-order valence-electron chi connectivity index (χ0n) is 20.7. The number of hydrogen-bond acceptors (Lipinski definition) is 7. The van der Waals surface area contributed by atoms with E-state index in [1.165, 1.54) is 0 Å². The van der Waals surface area contributed by atoms with E-state index in [1.807, 2.05) is 48.5 Å². The van der Waals surface area contributed by atoms with Crippen molar-refractivity contribution in [3.63, 3.8) is 0 Å². The maximum atomic E-state index is 13.3. The molecule has 2 aromatic carbocycles. The number of carboxylic acid groups (broad SMARTS) is 2. The minimum absolute atomic E-state index is 0.000941. The van der Waals surface area contributed by atoms with E-state index in [4.69, 9.17) is 21.4 Å². The fourth-order valence-corrected chi connectivity index (χ4v) is 8.99. The van der Waals surface area contributed by atoms with Crippen LogP contribution in [0.15, 0.2) is 54.6 Å². The molecule has 0 amide bonds. The molecule has 2 aliphatic heterocycles. The highest BCUT2D eigenvalue weighted by atomic mass is 35.5. The predicted octanol–water partition coefficient (Wildman–Crippen LogP) is 5.17. The van der Waals surface area contributed by atoms with Gasteiger partial charge in [-0.3, -0.25) is 0 Å². The average Bonchev–Trinajstić information content (AvgIpc) is 3.37. The van der Waals surface area contributed by atoms with E-state index in [1.54, 1.807) is 10.4 Å². The van der Waals surface area contributed by atoms with Gasteiger partial charge in [0, 0.05) is 23.8 Å². The Labute approximate surface area is 235 Å². The van der Waals surface area contributed by atoms with Crippen LogP contribution >= 0.6 is 22.9 Å². The zero-order valence-corrected chi connectivity index (χ0v) is 23.1. The van der Waals surface area contributed by atoms with Crippen molar-refractivity contribution < 1.29 is 33.0 Å². The second-order valence-electron chi connectivity index (χ2n) is 9.74. The molecule has 39 heavy (non-hydrogen) atoms. The topological polar surface area (TPSA) is 133 Å². The Balaban J connectivity index is 1.31. The molecule has 12 heteroatoms. The molecule has 206 valence electrons. The Morgan fingerprint density at radius 3 is 2.38 bits per heavy atom. The minimum atomic E-state index is -3.44. The molecule has 3 aromatic rings. The first-order valence-electron chi connectivity index (χ1n) is 12.4. The number of sulfonamides is 1.